The standard InChI is InChI=1S/C17H35N3O/c1-5-7-10-19(4)13-15-8-11-20(12-9-15)17(21)16(18)14(3)6-2/h14-16H,5-13,18H2,1-4H3/t14-,16-/m0/s1. The van der Waals surface area contributed by atoms with Crippen LogP contribution in [0.25, 0.3) is 0 Å². The monoisotopic (exact) mass is 297 g/mol. The average molecular weight is 297 g/mol. The van der Waals surface area contributed by atoms with Gasteiger partial charge < -0.3 is 15.5 Å². The highest BCUT2D eigenvalue weighted by atomic mass is 16.2. The lowest BCUT2D eigenvalue weighted by atomic mass is 9.93. The van der Waals surface area contributed by atoms with Crippen molar-refractivity contribution >= 4 is 5.91 Å². The Labute approximate surface area is 131 Å². The van der Waals surface area contributed by atoms with Gasteiger partial charge in [-0.3, -0.25) is 4.79 Å². The van der Waals surface area contributed by atoms with Gasteiger partial charge in [0.2, 0.25) is 5.91 Å². The van der Waals surface area contributed by atoms with Crippen molar-refractivity contribution in [2.45, 2.75) is 58.9 Å². The fourth-order valence-corrected chi connectivity index (χ4v) is 3.00. The van der Waals surface area contributed by atoms with E-state index >= 15 is 0 Å². The van der Waals surface area contributed by atoms with Crippen molar-refractivity contribution in [3.63, 3.8) is 0 Å². The number of piperidine rings is 1. The van der Waals surface area contributed by atoms with E-state index in [0.29, 0.717) is 0 Å². The van der Waals surface area contributed by atoms with Crippen LogP contribution in [0.1, 0.15) is 52.9 Å². The molecule has 4 heteroatoms. The van der Waals surface area contributed by atoms with E-state index in [1.807, 2.05) is 4.90 Å². The van der Waals surface area contributed by atoms with Crippen molar-refractivity contribution in [3.8, 4) is 0 Å². The summed E-state index contributed by atoms with van der Waals surface area (Å²) in [5, 5.41) is 0. The van der Waals surface area contributed by atoms with Gasteiger partial charge in [-0.05, 0) is 44.7 Å². The fourth-order valence-electron chi connectivity index (χ4n) is 3.00. The predicted molar refractivity (Wildman–Crippen MR) is 89.1 cm³/mol. The number of rotatable bonds is 8. The summed E-state index contributed by atoms with van der Waals surface area (Å²) in [5.41, 5.74) is 6.07. The highest BCUT2D eigenvalue weighted by Gasteiger charge is 2.28. The molecule has 0 aromatic heterocycles. The van der Waals surface area contributed by atoms with E-state index in [1.165, 1.54) is 25.9 Å². The number of nitrogens with two attached hydrogens (primary N) is 1. The highest BCUT2D eigenvalue weighted by Crippen LogP contribution is 2.20. The van der Waals surface area contributed by atoms with Crippen molar-refractivity contribution in [1.29, 1.82) is 0 Å². The number of amides is 1. The maximum Gasteiger partial charge on any atom is 0.239 e. The van der Waals surface area contributed by atoms with Gasteiger partial charge in [-0.1, -0.05) is 33.6 Å². The lowest BCUT2D eigenvalue weighted by molar-refractivity contribution is -0.135. The number of carbonyl (C=O) groups excluding carboxylic acids is 1. The van der Waals surface area contributed by atoms with Crippen LogP contribution in [0.4, 0.5) is 0 Å². The third-order valence-corrected chi connectivity index (χ3v) is 4.93. The zero-order valence-corrected chi connectivity index (χ0v) is 14.5. The van der Waals surface area contributed by atoms with Crippen LogP contribution in [0, 0.1) is 11.8 Å². The van der Waals surface area contributed by atoms with Gasteiger partial charge in [-0.15, -0.1) is 0 Å². The minimum Gasteiger partial charge on any atom is -0.341 e. The molecule has 124 valence electrons. The van der Waals surface area contributed by atoms with E-state index in [0.717, 1.165) is 38.3 Å². The Hall–Kier alpha value is -0.610. The van der Waals surface area contributed by atoms with E-state index in [-0.39, 0.29) is 17.9 Å². The predicted octanol–water partition coefficient (Wildman–Crippen LogP) is 2.33. The molecule has 2 N–H and O–H groups in total. The van der Waals surface area contributed by atoms with E-state index in [1.54, 1.807) is 0 Å². The van der Waals surface area contributed by atoms with E-state index < -0.39 is 0 Å². The molecule has 1 rings (SSSR count). The van der Waals surface area contributed by atoms with E-state index in [2.05, 4.69) is 32.7 Å². The maximum atomic E-state index is 12.4. The Bertz CT molecular complexity index is 300. The van der Waals surface area contributed by atoms with E-state index in [9.17, 15) is 4.79 Å². The molecule has 0 unspecified atom stereocenters. The summed E-state index contributed by atoms with van der Waals surface area (Å²) < 4.78 is 0. The van der Waals surface area contributed by atoms with Gasteiger partial charge >= 0.3 is 0 Å². The van der Waals surface area contributed by atoms with Gasteiger partial charge in [-0.2, -0.15) is 0 Å². The first-order valence-electron chi connectivity index (χ1n) is 8.72. The SMILES string of the molecule is CCCCN(C)CC1CCN(C(=O)[C@@H](N)[C@@H](C)CC)CC1. The summed E-state index contributed by atoms with van der Waals surface area (Å²) >= 11 is 0. The molecule has 0 spiro atoms. The molecule has 1 amide bonds. The molecule has 0 radical (unpaired) electrons. The summed E-state index contributed by atoms with van der Waals surface area (Å²) in [6.07, 6.45) is 5.73. The zero-order chi connectivity index (χ0) is 15.8. The van der Waals surface area contributed by atoms with Crippen LogP contribution >= 0.6 is 0 Å². The topological polar surface area (TPSA) is 49.6 Å². The quantitative estimate of drug-likeness (QED) is 0.748. The third-order valence-electron chi connectivity index (χ3n) is 4.93. The molecular formula is C17H35N3O. The first-order valence-corrected chi connectivity index (χ1v) is 8.72. The summed E-state index contributed by atoms with van der Waals surface area (Å²) in [6.45, 7) is 10.5. The molecular weight excluding hydrogens is 262 g/mol. The van der Waals surface area contributed by atoms with Gasteiger partial charge in [0.05, 0.1) is 6.04 Å². The Morgan fingerprint density at radius 1 is 1.33 bits per heavy atom. The average Bonchev–Trinajstić information content (AvgIpc) is 2.51. The smallest absolute Gasteiger partial charge is 0.239 e. The zero-order valence-electron chi connectivity index (χ0n) is 14.5. The summed E-state index contributed by atoms with van der Waals surface area (Å²) in [7, 11) is 2.21. The molecule has 0 saturated carbocycles. The number of hydrogen-bond acceptors (Lipinski definition) is 3. The number of carbonyl (C=O) groups is 1. The minimum absolute atomic E-state index is 0.155. The molecule has 1 aliphatic rings. The van der Waals surface area contributed by atoms with Crippen molar-refractivity contribution in [2.75, 3.05) is 33.2 Å². The first kappa shape index (κ1) is 18.4. The third kappa shape index (κ3) is 5.95. The molecule has 1 fully saturated rings. The summed E-state index contributed by atoms with van der Waals surface area (Å²) in [5.74, 6) is 1.16. The Balaban J connectivity index is 2.33. The molecule has 0 bridgehead atoms. The second-order valence-electron chi connectivity index (χ2n) is 6.80. The van der Waals surface area contributed by atoms with Crippen molar-refractivity contribution in [2.24, 2.45) is 17.6 Å². The second kappa shape index (κ2) is 9.42. The van der Waals surface area contributed by atoms with Gasteiger partial charge in [0.25, 0.3) is 0 Å². The van der Waals surface area contributed by atoms with Crippen LogP contribution in [0.3, 0.4) is 0 Å². The number of nitrogens with zero attached hydrogens (tertiary/aromatic N) is 2. The fraction of sp³-hybridized carbons (Fsp3) is 0.941. The van der Waals surface area contributed by atoms with Crippen LogP contribution in [0.2, 0.25) is 0 Å². The van der Waals surface area contributed by atoms with Crippen LogP contribution < -0.4 is 5.73 Å². The Morgan fingerprint density at radius 3 is 2.48 bits per heavy atom. The molecule has 1 heterocycles. The molecule has 0 aliphatic carbocycles. The number of hydrogen-bond donors (Lipinski definition) is 1. The summed E-state index contributed by atoms with van der Waals surface area (Å²) in [4.78, 5) is 16.8. The summed E-state index contributed by atoms with van der Waals surface area (Å²) in [6, 6.07) is -0.321. The lowest BCUT2D eigenvalue weighted by Crippen LogP contribution is -2.50. The van der Waals surface area contributed by atoms with Crippen molar-refractivity contribution < 1.29 is 4.79 Å². The van der Waals surface area contributed by atoms with Crippen molar-refractivity contribution in [3.05, 3.63) is 0 Å². The van der Waals surface area contributed by atoms with Crippen molar-refractivity contribution in [1.82, 2.24) is 9.80 Å². The normalized spacial score (nSPS) is 19.8. The molecule has 4 nitrogen and oxygen atoms in total. The maximum absolute atomic E-state index is 12.4. The second-order valence-corrected chi connectivity index (χ2v) is 6.80. The molecule has 0 aromatic rings. The first-order chi connectivity index (χ1) is 9.99. The molecule has 0 aromatic carbocycles. The largest absolute Gasteiger partial charge is 0.341 e. The lowest BCUT2D eigenvalue weighted by Gasteiger charge is -2.36. The molecule has 1 saturated heterocycles. The van der Waals surface area contributed by atoms with Gasteiger partial charge in [0.1, 0.15) is 0 Å². The Kier molecular flexibility index (Phi) is 8.27. The van der Waals surface area contributed by atoms with Gasteiger partial charge in [-0.25, -0.2) is 0 Å². The molecule has 21 heavy (non-hydrogen) atoms. The molecule has 1 aliphatic heterocycles. The van der Waals surface area contributed by atoms with Crippen LogP contribution in [-0.4, -0.2) is 55.0 Å². The molecule has 2 atom stereocenters. The van der Waals surface area contributed by atoms with Gasteiger partial charge in [0, 0.05) is 19.6 Å². The number of unbranched alkanes of at least 4 members (excludes halogenated alkanes) is 1. The van der Waals surface area contributed by atoms with Crippen LogP contribution in [-0.2, 0) is 4.79 Å². The van der Waals surface area contributed by atoms with Crippen LogP contribution in [0.15, 0.2) is 0 Å². The van der Waals surface area contributed by atoms with E-state index in [4.69, 9.17) is 5.73 Å². The Morgan fingerprint density at radius 2 is 1.95 bits per heavy atom. The number of likely N-dealkylation sites (tertiary alicyclic amines) is 1. The van der Waals surface area contributed by atoms with Gasteiger partial charge in [0.15, 0.2) is 0 Å². The van der Waals surface area contributed by atoms with Crippen LogP contribution in [0.5, 0.6) is 0 Å². The highest BCUT2D eigenvalue weighted by molar-refractivity contribution is 5.82. The minimum atomic E-state index is -0.321.